The average Bonchev–Trinajstić information content (AvgIpc) is 3.28. The molecular weight excluding hydrogens is 525 g/mol. The van der Waals surface area contributed by atoms with Gasteiger partial charge in [0, 0.05) is 26.7 Å². The van der Waals surface area contributed by atoms with Gasteiger partial charge >= 0.3 is 0 Å². The number of rotatable bonds is 5. The number of hydrogen-bond acceptors (Lipinski definition) is 5. The van der Waals surface area contributed by atoms with Crippen LogP contribution in [0.3, 0.4) is 0 Å². The lowest BCUT2D eigenvalue weighted by Crippen LogP contribution is -2.33. The first-order valence-corrected chi connectivity index (χ1v) is 11.3. The van der Waals surface area contributed by atoms with Crippen molar-refractivity contribution in [3.05, 3.63) is 85.3 Å². The van der Waals surface area contributed by atoms with Crippen molar-refractivity contribution in [2.45, 2.75) is 0 Å². The van der Waals surface area contributed by atoms with Gasteiger partial charge in [-0.3, -0.25) is 19.3 Å². The molecule has 9 heteroatoms. The van der Waals surface area contributed by atoms with Crippen molar-refractivity contribution in [1.82, 2.24) is 4.90 Å². The molecule has 0 radical (unpaired) electrons. The maximum absolute atomic E-state index is 12.7. The van der Waals surface area contributed by atoms with E-state index in [1.54, 1.807) is 54.6 Å². The van der Waals surface area contributed by atoms with Crippen molar-refractivity contribution in [3.8, 4) is 11.3 Å². The van der Waals surface area contributed by atoms with E-state index in [4.69, 9.17) is 27.6 Å². The van der Waals surface area contributed by atoms with Gasteiger partial charge in [0.15, 0.2) is 5.78 Å². The highest BCUT2D eigenvalue weighted by molar-refractivity contribution is 9.10. The number of imide groups is 1. The number of nitrogens with zero attached hydrogens (tertiary/aromatic N) is 1. The van der Waals surface area contributed by atoms with Gasteiger partial charge in [-0.25, -0.2) is 0 Å². The molecule has 1 aliphatic rings. The zero-order chi connectivity index (χ0) is 22.1. The van der Waals surface area contributed by atoms with E-state index in [2.05, 4.69) is 15.9 Å². The second-order valence-electron chi connectivity index (χ2n) is 6.52. The first-order chi connectivity index (χ1) is 14.8. The van der Waals surface area contributed by atoms with E-state index in [-0.39, 0.29) is 17.2 Å². The molecule has 0 aliphatic carbocycles. The topological polar surface area (TPSA) is 67.6 Å². The minimum Gasteiger partial charge on any atom is -0.457 e. The summed E-state index contributed by atoms with van der Waals surface area (Å²) in [5.41, 5.74) is 1.07. The molecule has 0 N–H and O–H groups in total. The number of benzene rings is 2. The predicted molar refractivity (Wildman–Crippen MR) is 125 cm³/mol. The Hall–Kier alpha value is -2.32. The van der Waals surface area contributed by atoms with Crippen molar-refractivity contribution < 1.29 is 18.8 Å². The Morgan fingerprint density at radius 2 is 1.81 bits per heavy atom. The molecule has 0 atom stereocenters. The van der Waals surface area contributed by atoms with Gasteiger partial charge in [-0.05, 0) is 54.2 Å². The Labute approximate surface area is 200 Å². The molecule has 2 amide bonds. The number of carbonyl (C=O) groups is 3. The van der Waals surface area contributed by atoms with Crippen molar-refractivity contribution in [3.63, 3.8) is 0 Å². The SMILES string of the molecule is O=C(CN1C(=O)S/C(=C/c2ccc(-c3ccc(Cl)cc3Cl)o2)C1=O)c1ccc(Br)cc1. The van der Waals surface area contributed by atoms with Crippen LogP contribution in [0.5, 0.6) is 0 Å². The summed E-state index contributed by atoms with van der Waals surface area (Å²) in [4.78, 5) is 38.6. The summed E-state index contributed by atoms with van der Waals surface area (Å²) in [6.45, 7) is -0.326. The lowest BCUT2D eigenvalue weighted by atomic mass is 10.1. The smallest absolute Gasteiger partial charge is 0.293 e. The largest absolute Gasteiger partial charge is 0.457 e. The number of amides is 2. The number of Topliss-reactive ketones (excluding diaryl/α,β-unsaturated/α-hetero) is 1. The zero-order valence-electron chi connectivity index (χ0n) is 15.6. The van der Waals surface area contributed by atoms with Gasteiger partial charge in [0.25, 0.3) is 11.1 Å². The normalized spacial score (nSPS) is 15.2. The minimum absolute atomic E-state index is 0.178. The van der Waals surface area contributed by atoms with E-state index in [0.29, 0.717) is 32.7 Å². The van der Waals surface area contributed by atoms with Crippen molar-refractivity contribution in [1.29, 1.82) is 0 Å². The first kappa shape index (κ1) is 21.9. The van der Waals surface area contributed by atoms with Crippen LogP contribution in [0.25, 0.3) is 17.4 Å². The van der Waals surface area contributed by atoms with Gasteiger partial charge < -0.3 is 4.42 Å². The first-order valence-electron chi connectivity index (χ1n) is 8.91. The van der Waals surface area contributed by atoms with Gasteiger partial charge in [0.2, 0.25) is 0 Å². The van der Waals surface area contributed by atoms with Crippen LogP contribution in [-0.4, -0.2) is 28.4 Å². The van der Waals surface area contributed by atoms with Crippen molar-refractivity contribution in [2.24, 2.45) is 0 Å². The molecule has 1 fully saturated rings. The Bertz CT molecular complexity index is 1240. The molecule has 0 unspecified atom stereocenters. The Kier molecular flexibility index (Phi) is 6.39. The standard InChI is InChI=1S/C22H12BrCl2NO4S/c23-13-3-1-12(2-4-13)18(27)11-26-21(28)20(31-22(26)29)10-15-6-8-19(30-15)16-7-5-14(24)9-17(16)25/h1-10H,11H2/b20-10+. The summed E-state index contributed by atoms with van der Waals surface area (Å²) in [6.07, 6.45) is 1.47. The van der Waals surface area contributed by atoms with Gasteiger partial charge in [-0.2, -0.15) is 0 Å². The summed E-state index contributed by atoms with van der Waals surface area (Å²) >= 11 is 16.2. The summed E-state index contributed by atoms with van der Waals surface area (Å²) in [5.74, 6) is 0.0139. The predicted octanol–water partition coefficient (Wildman–Crippen LogP) is 6.94. The van der Waals surface area contributed by atoms with E-state index in [0.717, 1.165) is 21.1 Å². The Balaban J connectivity index is 1.51. The molecule has 0 saturated carbocycles. The van der Waals surface area contributed by atoms with Gasteiger partial charge in [-0.1, -0.05) is 51.3 Å². The minimum atomic E-state index is -0.539. The van der Waals surface area contributed by atoms with Gasteiger partial charge in [0.05, 0.1) is 16.5 Å². The van der Waals surface area contributed by atoms with Crippen molar-refractivity contribution in [2.75, 3.05) is 6.54 Å². The third-order valence-corrected chi connectivity index (χ3v) is 6.42. The highest BCUT2D eigenvalue weighted by Crippen LogP contribution is 2.35. The third-order valence-electron chi connectivity index (χ3n) is 4.44. The Morgan fingerprint density at radius 3 is 2.52 bits per heavy atom. The van der Waals surface area contributed by atoms with Gasteiger partial charge in [0.1, 0.15) is 11.5 Å². The highest BCUT2D eigenvalue weighted by Gasteiger charge is 2.36. The molecule has 0 bridgehead atoms. The van der Waals surface area contributed by atoms with Crippen LogP contribution in [0.2, 0.25) is 10.0 Å². The van der Waals surface area contributed by atoms with E-state index in [1.807, 2.05) is 0 Å². The number of halogens is 3. The van der Waals surface area contributed by atoms with Crippen LogP contribution in [0, 0.1) is 0 Å². The fourth-order valence-electron chi connectivity index (χ4n) is 2.90. The fraction of sp³-hybridized carbons (Fsp3) is 0.0455. The summed E-state index contributed by atoms with van der Waals surface area (Å²) < 4.78 is 6.59. The van der Waals surface area contributed by atoms with E-state index < -0.39 is 11.1 Å². The molecule has 1 aliphatic heterocycles. The second-order valence-corrected chi connectivity index (χ2v) is 9.28. The number of carbonyl (C=O) groups excluding carboxylic acids is 3. The number of ketones is 1. The maximum Gasteiger partial charge on any atom is 0.293 e. The van der Waals surface area contributed by atoms with Crippen LogP contribution in [-0.2, 0) is 4.79 Å². The third kappa shape index (κ3) is 4.80. The molecule has 2 aromatic carbocycles. The van der Waals surface area contributed by atoms with Crippen LogP contribution in [0.15, 0.2) is 68.4 Å². The number of furan rings is 1. The monoisotopic (exact) mass is 535 g/mol. The molecular formula is C22H12BrCl2NO4S. The van der Waals surface area contributed by atoms with Crippen LogP contribution < -0.4 is 0 Å². The van der Waals surface area contributed by atoms with Crippen molar-refractivity contribution >= 4 is 73.9 Å². The van der Waals surface area contributed by atoms with Crippen LogP contribution in [0.1, 0.15) is 16.1 Å². The highest BCUT2D eigenvalue weighted by atomic mass is 79.9. The molecule has 156 valence electrons. The second kappa shape index (κ2) is 9.04. The number of hydrogen-bond donors (Lipinski definition) is 0. The molecule has 0 spiro atoms. The molecule has 31 heavy (non-hydrogen) atoms. The molecule has 5 nitrogen and oxygen atoms in total. The lowest BCUT2D eigenvalue weighted by molar-refractivity contribution is -0.122. The number of thioether (sulfide) groups is 1. The van der Waals surface area contributed by atoms with E-state index in [1.165, 1.54) is 6.08 Å². The molecule has 4 rings (SSSR count). The molecule has 1 saturated heterocycles. The lowest BCUT2D eigenvalue weighted by Gasteiger charge is -2.11. The quantitative estimate of drug-likeness (QED) is 0.261. The molecule has 1 aromatic heterocycles. The van der Waals surface area contributed by atoms with Crippen LogP contribution in [0.4, 0.5) is 4.79 Å². The average molecular weight is 537 g/mol. The van der Waals surface area contributed by atoms with E-state index >= 15 is 0 Å². The van der Waals surface area contributed by atoms with E-state index in [9.17, 15) is 14.4 Å². The summed E-state index contributed by atoms with van der Waals surface area (Å²) in [6, 6.07) is 15.1. The maximum atomic E-state index is 12.7. The van der Waals surface area contributed by atoms with Gasteiger partial charge in [-0.15, -0.1) is 0 Å². The molecule has 3 aromatic rings. The Morgan fingerprint density at radius 1 is 1.06 bits per heavy atom. The fourth-order valence-corrected chi connectivity index (χ4v) is 4.48. The zero-order valence-corrected chi connectivity index (χ0v) is 19.5. The summed E-state index contributed by atoms with van der Waals surface area (Å²) in [7, 11) is 0. The summed E-state index contributed by atoms with van der Waals surface area (Å²) in [5, 5.41) is 0.432. The molecule has 2 heterocycles. The van der Waals surface area contributed by atoms with Crippen LogP contribution >= 0.6 is 50.9 Å².